The largest absolute Gasteiger partial charge is 0.479 e. The maximum atomic E-state index is 12.7. The van der Waals surface area contributed by atoms with Crippen molar-refractivity contribution in [1.29, 1.82) is 0 Å². The van der Waals surface area contributed by atoms with Crippen molar-refractivity contribution in [3.05, 3.63) is 60.6 Å². The van der Waals surface area contributed by atoms with E-state index in [0.717, 1.165) is 5.69 Å². The summed E-state index contributed by atoms with van der Waals surface area (Å²) in [7, 11) is 1.51. The minimum absolute atomic E-state index is 0.0527. The van der Waals surface area contributed by atoms with Gasteiger partial charge in [-0.15, -0.1) is 0 Å². The van der Waals surface area contributed by atoms with Crippen LogP contribution in [0.25, 0.3) is 11.3 Å². The molecule has 4 aromatic heterocycles. The fourth-order valence-electron chi connectivity index (χ4n) is 2.99. The number of rotatable bonds is 5. The molecule has 29 heavy (non-hydrogen) atoms. The van der Waals surface area contributed by atoms with E-state index in [1.165, 1.54) is 13.3 Å². The molecule has 0 saturated heterocycles. The van der Waals surface area contributed by atoms with Crippen LogP contribution in [0.5, 0.6) is 5.88 Å². The molecule has 10 heteroatoms. The van der Waals surface area contributed by atoms with E-state index in [1.54, 1.807) is 39.7 Å². The fourth-order valence-corrected chi connectivity index (χ4v) is 2.99. The Bertz CT molecular complexity index is 1160. The summed E-state index contributed by atoms with van der Waals surface area (Å²) in [6, 6.07) is 7.00. The van der Waals surface area contributed by atoms with Crippen molar-refractivity contribution in [3.63, 3.8) is 0 Å². The molecule has 0 amide bonds. The van der Waals surface area contributed by atoms with Gasteiger partial charge in [-0.2, -0.15) is 18.2 Å². The van der Waals surface area contributed by atoms with Gasteiger partial charge >= 0.3 is 6.18 Å². The highest BCUT2D eigenvalue weighted by molar-refractivity contribution is 5.73. The third kappa shape index (κ3) is 4.00. The number of alkyl halides is 3. The van der Waals surface area contributed by atoms with Crippen LogP contribution in [0.2, 0.25) is 0 Å². The van der Waals surface area contributed by atoms with E-state index in [0.29, 0.717) is 28.7 Å². The molecule has 0 aliphatic heterocycles. The van der Waals surface area contributed by atoms with Gasteiger partial charge in [0.05, 0.1) is 36.9 Å². The first-order valence-corrected chi connectivity index (χ1v) is 8.69. The smallest absolute Gasteiger partial charge is 0.394 e. The molecule has 150 valence electrons. The van der Waals surface area contributed by atoms with E-state index < -0.39 is 12.6 Å². The van der Waals surface area contributed by atoms with Crippen molar-refractivity contribution in [1.82, 2.24) is 23.9 Å². The number of methoxy groups -OCH3 is 1. The SMILES string of the molecule is COc1nc(Nc2cccn3cc(CC(F)(F)F)nc23)ccc1-n1cnc(C)c1. The second kappa shape index (κ2) is 7.12. The van der Waals surface area contributed by atoms with Crippen molar-refractivity contribution in [2.24, 2.45) is 0 Å². The molecule has 0 saturated carbocycles. The van der Waals surface area contributed by atoms with Crippen LogP contribution in [0.3, 0.4) is 0 Å². The van der Waals surface area contributed by atoms with E-state index in [-0.39, 0.29) is 5.69 Å². The lowest BCUT2D eigenvalue weighted by atomic mass is 10.3. The van der Waals surface area contributed by atoms with Crippen molar-refractivity contribution in [3.8, 4) is 11.6 Å². The molecule has 1 N–H and O–H groups in total. The lowest BCUT2D eigenvalue weighted by molar-refractivity contribution is -0.127. The first kappa shape index (κ1) is 18.8. The number of aryl methyl sites for hydroxylation is 1. The molecule has 4 heterocycles. The number of ether oxygens (including phenoxy) is 1. The summed E-state index contributed by atoms with van der Waals surface area (Å²) in [5.41, 5.74) is 2.42. The van der Waals surface area contributed by atoms with Crippen LogP contribution >= 0.6 is 0 Å². The normalized spacial score (nSPS) is 11.8. The highest BCUT2D eigenvalue weighted by Crippen LogP contribution is 2.27. The summed E-state index contributed by atoms with van der Waals surface area (Å²) in [4.78, 5) is 12.8. The van der Waals surface area contributed by atoms with Crippen LogP contribution in [0.15, 0.2) is 49.2 Å². The van der Waals surface area contributed by atoms with E-state index in [9.17, 15) is 13.2 Å². The van der Waals surface area contributed by atoms with Gasteiger partial charge in [-0.05, 0) is 31.2 Å². The molecule has 0 bridgehead atoms. The van der Waals surface area contributed by atoms with Gasteiger partial charge in [-0.25, -0.2) is 9.97 Å². The number of nitrogens with one attached hydrogen (secondary N) is 1. The maximum Gasteiger partial charge on any atom is 0.394 e. The molecule has 0 atom stereocenters. The van der Waals surface area contributed by atoms with E-state index >= 15 is 0 Å². The molecule has 0 aliphatic rings. The van der Waals surface area contributed by atoms with Crippen molar-refractivity contribution in [2.75, 3.05) is 12.4 Å². The van der Waals surface area contributed by atoms with Crippen LogP contribution in [0, 0.1) is 6.92 Å². The topological polar surface area (TPSA) is 69.3 Å². The van der Waals surface area contributed by atoms with E-state index in [4.69, 9.17) is 4.74 Å². The Kier molecular flexibility index (Phi) is 4.61. The Morgan fingerprint density at radius 1 is 1.14 bits per heavy atom. The van der Waals surface area contributed by atoms with E-state index in [1.807, 2.05) is 19.2 Å². The zero-order chi connectivity index (χ0) is 20.6. The van der Waals surface area contributed by atoms with Gasteiger partial charge < -0.3 is 19.0 Å². The zero-order valence-corrected chi connectivity index (χ0v) is 15.6. The molecule has 0 radical (unpaired) electrons. The first-order valence-electron chi connectivity index (χ1n) is 8.69. The second-order valence-electron chi connectivity index (χ2n) is 6.45. The summed E-state index contributed by atoms with van der Waals surface area (Å²) in [6.45, 7) is 1.88. The van der Waals surface area contributed by atoms with Crippen LogP contribution < -0.4 is 10.1 Å². The third-order valence-electron chi connectivity index (χ3n) is 4.20. The number of nitrogens with zero attached hydrogens (tertiary/aromatic N) is 5. The molecule has 4 aromatic rings. The van der Waals surface area contributed by atoms with Crippen molar-refractivity contribution < 1.29 is 17.9 Å². The van der Waals surface area contributed by atoms with Gasteiger partial charge in [0, 0.05) is 18.6 Å². The Morgan fingerprint density at radius 3 is 2.66 bits per heavy atom. The average Bonchev–Trinajstić information content (AvgIpc) is 3.26. The maximum absolute atomic E-state index is 12.7. The number of hydrogen-bond acceptors (Lipinski definition) is 5. The molecule has 0 spiro atoms. The van der Waals surface area contributed by atoms with Crippen LogP contribution in [-0.2, 0) is 6.42 Å². The Hall–Kier alpha value is -3.56. The summed E-state index contributed by atoms with van der Waals surface area (Å²) in [5, 5.41) is 3.10. The van der Waals surface area contributed by atoms with Gasteiger partial charge in [0.15, 0.2) is 5.65 Å². The minimum atomic E-state index is -4.32. The monoisotopic (exact) mass is 402 g/mol. The molecule has 4 rings (SSSR count). The quantitative estimate of drug-likeness (QED) is 0.545. The van der Waals surface area contributed by atoms with Gasteiger partial charge in [-0.1, -0.05) is 0 Å². The highest BCUT2D eigenvalue weighted by atomic mass is 19.4. The third-order valence-corrected chi connectivity index (χ3v) is 4.20. The van der Waals surface area contributed by atoms with Crippen LogP contribution in [-0.4, -0.2) is 37.2 Å². The van der Waals surface area contributed by atoms with Gasteiger partial charge in [0.1, 0.15) is 11.5 Å². The molecule has 0 fully saturated rings. The fraction of sp³-hybridized carbons (Fsp3) is 0.211. The van der Waals surface area contributed by atoms with Crippen molar-refractivity contribution in [2.45, 2.75) is 19.5 Å². The Labute approximate surface area is 163 Å². The molecular formula is C19H17F3N6O. The summed E-state index contributed by atoms with van der Waals surface area (Å²) >= 11 is 0. The Morgan fingerprint density at radius 2 is 1.97 bits per heavy atom. The van der Waals surface area contributed by atoms with Gasteiger partial charge in [0.25, 0.3) is 0 Å². The number of anilines is 2. The minimum Gasteiger partial charge on any atom is -0.479 e. The number of aromatic nitrogens is 5. The number of pyridine rings is 2. The van der Waals surface area contributed by atoms with Crippen LogP contribution in [0.1, 0.15) is 11.4 Å². The van der Waals surface area contributed by atoms with Gasteiger partial charge in [-0.3, -0.25) is 0 Å². The second-order valence-corrected chi connectivity index (χ2v) is 6.45. The number of hydrogen-bond donors (Lipinski definition) is 1. The number of imidazole rings is 2. The number of fused-ring (bicyclic) bond motifs is 1. The molecule has 0 aromatic carbocycles. The van der Waals surface area contributed by atoms with E-state index in [2.05, 4.69) is 20.3 Å². The van der Waals surface area contributed by atoms with Crippen molar-refractivity contribution >= 4 is 17.2 Å². The van der Waals surface area contributed by atoms with Gasteiger partial charge in [0.2, 0.25) is 5.88 Å². The standard InChI is InChI=1S/C19H17F3N6O/c1-12-9-28(11-23-12)15-5-6-16(26-18(15)29-2)25-14-4-3-7-27-10-13(24-17(14)27)8-19(20,21)22/h3-7,9-11H,8H2,1-2H3,(H,25,26). The molecular weight excluding hydrogens is 385 g/mol. The Balaban J connectivity index is 1.66. The highest BCUT2D eigenvalue weighted by Gasteiger charge is 2.29. The zero-order valence-electron chi connectivity index (χ0n) is 15.6. The first-order chi connectivity index (χ1) is 13.8. The summed E-state index contributed by atoms with van der Waals surface area (Å²) in [5.74, 6) is 0.844. The van der Waals surface area contributed by atoms with Crippen LogP contribution in [0.4, 0.5) is 24.7 Å². The average molecular weight is 402 g/mol. The summed E-state index contributed by atoms with van der Waals surface area (Å²) < 4.78 is 46.8. The lowest BCUT2D eigenvalue weighted by Gasteiger charge is -2.12. The lowest BCUT2D eigenvalue weighted by Crippen LogP contribution is -2.11. The molecule has 7 nitrogen and oxygen atoms in total. The predicted octanol–water partition coefficient (Wildman–Crippen LogP) is 4.08. The summed E-state index contributed by atoms with van der Waals surface area (Å²) in [6.07, 6.45) is 1.12. The molecule has 0 aliphatic carbocycles. The molecule has 0 unspecified atom stereocenters. The number of halogens is 3. The predicted molar refractivity (Wildman–Crippen MR) is 101 cm³/mol.